The predicted octanol–water partition coefficient (Wildman–Crippen LogP) is 3.35. The van der Waals surface area contributed by atoms with E-state index in [0.29, 0.717) is 18.7 Å². The number of aliphatic hydroxyl groups is 1. The molecule has 0 unspecified atom stereocenters. The predicted molar refractivity (Wildman–Crippen MR) is 78.6 cm³/mol. The van der Waals surface area contributed by atoms with E-state index in [0.717, 1.165) is 37.0 Å². The highest BCUT2D eigenvalue weighted by Gasteiger charge is 2.29. The first kappa shape index (κ1) is 14.9. The highest BCUT2D eigenvalue weighted by atomic mass is 16.5. The molecule has 1 aromatic carbocycles. The Hall–Kier alpha value is -1.55. The van der Waals surface area contributed by atoms with Crippen molar-refractivity contribution in [3.63, 3.8) is 0 Å². The van der Waals surface area contributed by atoms with Gasteiger partial charge in [0, 0.05) is 0 Å². The van der Waals surface area contributed by atoms with E-state index in [-0.39, 0.29) is 0 Å². The van der Waals surface area contributed by atoms with Crippen LogP contribution in [0.5, 0.6) is 5.75 Å². The van der Waals surface area contributed by atoms with Crippen molar-refractivity contribution in [3.8, 4) is 5.75 Å². The van der Waals surface area contributed by atoms with Crippen LogP contribution in [0.15, 0.2) is 29.4 Å². The lowest BCUT2D eigenvalue weighted by molar-refractivity contribution is -0.0339. The lowest BCUT2D eigenvalue weighted by Gasteiger charge is -2.31. The molecule has 0 amide bonds. The van der Waals surface area contributed by atoms with Gasteiger partial charge in [-0.1, -0.05) is 31.3 Å². The van der Waals surface area contributed by atoms with Crippen molar-refractivity contribution < 1.29 is 15.1 Å². The zero-order valence-electron chi connectivity index (χ0n) is 12.0. The average molecular weight is 277 g/mol. The van der Waals surface area contributed by atoms with Crippen molar-refractivity contribution in [2.75, 3.05) is 6.61 Å². The molecule has 0 spiro atoms. The smallest absolute Gasteiger partial charge is 0.119 e. The third-order valence-corrected chi connectivity index (χ3v) is 3.93. The molecule has 2 N–H and O–H groups in total. The van der Waals surface area contributed by atoms with E-state index in [2.05, 4.69) is 5.16 Å². The van der Waals surface area contributed by atoms with Crippen molar-refractivity contribution in [3.05, 3.63) is 29.8 Å². The molecule has 110 valence electrons. The van der Waals surface area contributed by atoms with Gasteiger partial charge in [-0.3, -0.25) is 0 Å². The lowest BCUT2D eigenvalue weighted by Crippen LogP contribution is -2.37. The fourth-order valence-corrected chi connectivity index (χ4v) is 2.65. The van der Waals surface area contributed by atoms with Crippen molar-refractivity contribution in [1.29, 1.82) is 0 Å². The second kappa shape index (κ2) is 6.75. The Balaban J connectivity index is 1.94. The van der Waals surface area contributed by atoms with Gasteiger partial charge in [0.25, 0.3) is 0 Å². The number of hydrogen-bond acceptors (Lipinski definition) is 4. The Morgan fingerprint density at radius 3 is 2.40 bits per heavy atom. The van der Waals surface area contributed by atoms with Crippen molar-refractivity contribution in [2.45, 2.75) is 51.0 Å². The van der Waals surface area contributed by atoms with Crippen molar-refractivity contribution in [2.24, 2.45) is 5.16 Å². The number of ether oxygens (including phenoxy) is 1. The van der Waals surface area contributed by atoms with Gasteiger partial charge < -0.3 is 15.1 Å². The minimum Gasteiger partial charge on any atom is -0.491 e. The molecule has 4 nitrogen and oxygen atoms in total. The number of hydrogen-bond donors (Lipinski definition) is 2. The van der Waals surface area contributed by atoms with Crippen LogP contribution in [-0.2, 0) is 0 Å². The Morgan fingerprint density at radius 1 is 1.20 bits per heavy atom. The maximum absolute atomic E-state index is 10.4. The summed E-state index contributed by atoms with van der Waals surface area (Å²) in [5.41, 5.74) is 0.874. The monoisotopic (exact) mass is 277 g/mol. The molecule has 1 saturated carbocycles. The van der Waals surface area contributed by atoms with Crippen LogP contribution in [-0.4, -0.2) is 28.2 Å². The molecule has 0 aliphatic heterocycles. The number of nitrogens with zero attached hydrogens (tertiary/aromatic N) is 1. The van der Waals surface area contributed by atoms with Crippen LogP contribution in [0.4, 0.5) is 0 Å². The highest BCUT2D eigenvalue weighted by Crippen LogP contribution is 2.28. The summed E-state index contributed by atoms with van der Waals surface area (Å²) in [6, 6.07) is 7.45. The van der Waals surface area contributed by atoms with E-state index >= 15 is 0 Å². The zero-order chi connectivity index (χ0) is 14.4. The van der Waals surface area contributed by atoms with Gasteiger partial charge in [-0.05, 0) is 49.1 Å². The van der Waals surface area contributed by atoms with E-state index < -0.39 is 5.60 Å². The van der Waals surface area contributed by atoms with Gasteiger partial charge in [0.1, 0.15) is 12.4 Å². The van der Waals surface area contributed by atoms with Gasteiger partial charge in [-0.15, -0.1) is 0 Å². The summed E-state index contributed by atoms with van der Waals surface area (Å²) in [7, 11) is 0. The number of benzene rings is 1. The standard InChI is InChI=1S/C16H23NO3/c1-2-15(17-19)13-6-8-14(9-7-13)20-12-16(18)10-4-3-5-11-16/h6-9,18-19H,2-5,10-12H2,1H3. The van der Waals surface area contributed by atoms with Crippen LogP contribution in [0.25, 0.3) is 0 Å². The Kier molecular flexibility index (Phi) is 5.01. The van der Waals surface area contributed by atoms with Gasteiger partial charge in [0.15, 0.2) is 0 Å². The van der Waals surface area contributed by atoms with Gasteiger partial charge >= 0.3 is 0 Å². The van der Waals surface area contributed by atoms with Crippen LogP contribution in [0.2, 0.25) is 0 Å². The van der Waals surface area contributed by atoms with E-state index in [1.165, 1.54) is 6.42 Å². The molecule has 0 aromatic heterocycles. The molecule has 1 aliphatic rings. The summed E-state index contributed by atoms with van der Waals surface area (Å²) in [5, 5.41) is 22.5. The second-order valence-corrected chi connectivity index (χ2v) is 5.50. The number of oxime groups is 1. The molecule has 0 saturated heterocycles. The first-order valence-electron chi connectivity index (χ1n) is 7.33. The third kappa shape index (κ3) is 3.73. The summed E-state index contributed by atoms with van der Waals surface area (Å²) in [5.74, 6) is 0.737. The van der Waals surface area contributed by atoms with Gasteiger partial charge in [0.2, 0.25) is 0 Å². The third-order valence-electron chi connectivity index (χ3n) is 3.93. The summed E-state index contributed by atoms with van der Waals surface area (Å²) in [6.07, 6.45) is 5.68. The second-order valence-electron chi connectivity index (χ2n) is 5.50. The first-order chi connectivity index (χ1) is 9.67. The zero-order valence-corrected chi connectivity index (χ0v) is 12.0. The minimum atomic E-state index is -0.669. The fraction of sp³-hybridized carbons (Fsp3) is 0.562. The van der Waals surface area contributed by atoms with E-state index in [9.17, 15) is 5.11 Å². The molecule has 0 radical (unpaired) electrons. The Bertz CT molecular complexity index is 447. The fourth-order valence-electron chi connectivity index (χ4n) is 2.65. The van der Waals surface area contributed by atoms with Gasteiger partial charge in [-0.2, -0.15) is 0 Å². The quantitative estimate of drug-likeness (QED) is 0.493. The molecule has 4 heteroatoms. The average Bonchev–Trinajstić information content (AvgIpc) is 2.48. The van der Waals surface area contributed by atoms with Gasteiger partial charge in [0.05, 0.1) is 11.3 Å². The maximum atomic E-state index is 10.4. The Labute approximate surface area is 120 Å². The summed E-state index contributed by atoms with van der Waals surface area (Å²) in [6.45, 7) is 2.29. The molecular weight excluding hydrogens is 254 g/mol. The summed E-state index contributed by atoms with van der Waals surface area (Å²) in [4.78, 5) is 0. The molecule has 1 aliphatic carbocycles. The summed E-state index contributed by atoms with van der Waals surface area (Å²) >= 11 is 0. The lowest BCUT2D eigenvalue weighted by atomic mass is 9.85. The molecule has 0 atom stereocenters. The van der Waals surface area contributed by atoms with Crippen LogP contribution in [0, 0.1) is 0 Å². The van der Waals surface area contributed by atoms with Crippen molar-refractivity contribution in [1.82, 2.24) is 0 Å². The highest BCUT2D eigenvalue weighted by molar-refractivity contribution is 6.00. The SMILES string of the molecule is CCC(=NO)c1ccc(OCC2(O)CCCCC2)cc1. The summed E-state index contributed by atoms with van der Waals surface area (Å²) < 4.78 is 5.70. The molecular formula is C16H23NO3. The minimum absolute atomic E-state index is 0.348. The van der Waals surface area contributed by atoms with E-state index in [4.69, 9.17) is 9.94 Å². The largest absolute Gasteiger partial charge is 0.491 e. The topological polar surface area (TPSA) is 62.1 Å². The van der Waals surface area contributed by atoms with Crippen LogP contribution >= 0.6 is 0 Å². The van der Waals surface area contributed by atoms with Crippen LogP contribution < -0.4 is 4.74 Å². The van der Waals surface area contributed by atoms with E-state index in [1.807, 2.05) is 31.2 Å². The Morgan fingerprint density at radius 2 is 1.85 bits per heavy atom. The molecule has 1 fully saturated rings. The molecule has 0 bridgehead atoms. The molecule has 1 aromatic rings. The first-order valence-corrected chi connectivity index (χ1v) is 7.33. The van der Waals surface area contributed by atoms with Crippen molar-refractivity contribution >= 4 is 5.71 Å². The van der Waals surface area contributed by atoms with E-state index in [1.54, 1.807) is 0 Å². The number of rotatable bonds is 5. The maximum Gasteiger partial charge on any atom is 0.119 e. The normalized spacial score (nSPS) is 18.8. The molecule has 0 heterocycles. The van der Waals surface area contributed by atoms with Crippen LogP contribution in [0.3, 0.4) is 0 Å². The van der Waals surface area contributed by atoms with Gasteiger partial charge in [-0.25, -0.2) is 0 Å². The van der Waals surface area contributed by atoms with Crippen LogP contribution in [0.1, 0.15) is 51.0 Å². The molecule has 20 heavy (non-hydrogen) atoms. The molecule has 2 rings (SSSR count).